The highest BCUT2D eigenvalue weighted by Crippen LogP contribution is 2.30. The zero-order valence-corrected chi connectivity index (χ0v) is 11.3. The Hall–Kier alpha value is -1.76. The van der Waals surface area contributed by atoms with Gasteiger partial charge >= 0.3 is 0 Å². The van der Waals surface area contributed by atoms with Crippen molar-refractivity contribution in [2.45, 2.75) is 19.9 Å². The molecule has 1 N–H and O–H groups in total. The third-order valence-electron chi connectivity index (χ3n) is 3.56. The monoisotopic (exact) mass is 281 g/mol. The summed E-state index contributed by atoms with van der Waals surface area (Å²) in [6.07, 6.45) is -0.873. The molecule has 0 aromatic carbocycles. The zero-order valence-electron chi connectivity index (χ0n) is 11.3. The van der Waals surface area contributed by atoms with Crippen molar-refractivity contribution in [2.75, 3.05) is 31.1 Å². The molecule has 0 amide bonds. The molecule has 3 rings (SSSR count). The van der Waals surface area contributed by atoms with Crippen molar-refractivity contribution in [3.05, 3.63) is 17.8 Å². The molecular formula is C13H17F2N5. The molecule has 0 aliphatic carbocycles. The second kappa shape index (κ2) is 5.32. The molecule has 3 heterocycles. The van der Waals surface area contributed by atoms with Crippen LogP contribution in [0.25, 0.3) is 11.0 Å². The molecule has 0 atom stereocenters. The Bertz CT molecular complexity index is 604. The minimum absolute atomic E-state index is 0.0169. The summed E-state index contributed by atoms with van der Waals surface area (Å²) in [7, 11) is 0. The van der Waals surface area contributed by atoms with Crippen molar-refractivity contribution < 1.29 is 8.78 Å². The topological polar surface area (TPSA) is 46.0 Å². The molecule has 1 saturated heterocycles. The van der Waals surface area contributed by atoms with Crippen LogP contribution in [0.1, 0.15) is 18.9 Å². The number of pyridine rings is 1. The quantitative estimate of drug-likeness (QED) is 0.932. The van der Waals surface area contributed by atoms with E-state index in [4.69, 9.17) is 0 Å². The fraction of sp³-hybridized carbons (Fsp3) is 0.538. The van der Waals surface area contributed by atoms with Gasteiger partial charge in [-0.3, -0.25) is 4.68 Å². The Balaban J connectivity index is 2.08. The van der Waals surface area contributed by atoms with Gasteiger partial charge in [-0.1, -0.05) is 0 Å². The van der Waals surface area contributed by atoms with E-state index in [1.807, 2.05) is 11.8 Å². The van der Waals surface area contributed by atoms with Gasteiger partial charge in [-0.25, -0.2) is 13.8 Å². The van der Waals surface area contributed by atoms with E-state index in [0.29, 0.717) is 23.4 Å². The highest BCUT2D eigenvalue weighted by molar-refractivity contribution is 5.81. The first kappa shape index (κ1) is 13.2. The molecule has 0 radical (unpaired) electrons. The summed E-state index contributed by atoms with van der Waals surface area (Å²) >= 11 is 0. The molecule has 0 saturated carbocycles. The Kier molecular flexibility index (Phi) is 3.52. The molecule has 1 fully saturated rings. The average molecular weight is 281 g/mol. The van der Waals surface area contributed by atoms with E-state index in [0.717, 1.165) is 26.2 Å². The fourth-order valence-electron chi connectivity index (χ4n) is 2.45. The summed E-state index contributed by atoms with van der Waals surface area (Å²) < 4.78 is 28.2. The van der Waals surface area contributed by atoms with Crippen molar-refractivity contribution in [3.8, 4) is 0 Å². The lowest BCUT2D eigenvalue weighted by atomic mass is 10.2. The maximum absolute atomic E-state index is 13.3. The van der Waals surface area contributed by atoms with Gasteiger partial charge in [0.15, 0.2) is 5.65 Å². The second-order valence-electron chi connectivity index (χ2n) is 4.83. The van der Waals surface area contributed by atoms with Crippen molar-refractivity contribution in [1.29, 1.82) is 0 Å². The van der Waals surface area contributed by atoms with Crippen LogP contribution < -0.4 is 10.2 Å². The van der Waals surface area contributed by atoms with Gasteiger partial charge in [-0.2, -0.15) is 5.10 Å². The number of hydrogen-bond donors (Lipinski definition) is 1. The van der Waals surface area contributed by atoms with Crippen LogP contribution in [-0.4, -0.2) is 40.9 Å². The molecule has 1 aliphatic heterocycles. The number of rotatable bonds is 3. The summed E-state index contributed by atoms with van der Waals surface area (Å²) in [6, 6.07) is 1.50. The Labute approximate surface area is 115 Å². The minimum Gasteiger partial charge on any atom is -0.354 e. The zero-order chi connectivity index (χ0) is 14.1. The van der Waals surface area contributed by atoms with Gasteiger partial charge in [0.25, 0.3) is 6.43 Å². The summed E-state index contributed by atoms with van der Waals surface area (Å²) in [5, 5.41) is 7.94. The number of anilines is 1. The third kappa shape index (κ3) is 2.33. The first-order valence-corrected chi connectivity index (χ1v) is 6.81. The Morgan fingerprint density at radius 3 is 2.75 bits per heavy atom. The number of aromatic nitrogens is 3. The smallest absolute Gasteiger partial charge is 0.264 e. The molecule has 108 valence electrons. The van der Waals surface area contributed by atoms with E-state index in [1.165, 1.54) is 6.07 Å². The molecular weight excluding hydrogens is 264 g/mol. The van der Waals surface area contributed by atoms with Gasteiger partial charge in [-0.15, -0.1) is 0 Å². The van der Waals surface area contributed by atoms with Crippen LogP contribution in [0.15, 0.2) is 12.3 Å². The lowest BCUT2D eigenvalue weighted by Crippen LogP contribution is -2.43. The van der Waals surface area contributed by atoms with E-state index in [2.05, 4.69) is 15.4 Å². The molecule has 0 bridgehead atoms. The van der Waals surface area contributed by atoms with Crippen LogP contribution in [0.4, 0.5) is 14.6 Å². The molecule has 0 spiro atoms. The number of nitrogens with one attached hydrogen (secondary N) is 1. The van der Waals surface area contributed by atoms with Gasteiger partial charge < -0.3 is 10.2 Å². The number of piperazine rings is 1. The van der Waals surface area contributed by atoms with Crippen LogP contribution >= 0.6 is 0 Å². The lowest BCUT2D eigenvalue weighted by molar-refractivity contribution is 0.153. The van der Waals surface area contributed by atoms with Gasteiger partial charge in [0, 0.05) is 49.9 Å². The number of aryl methyl sites for hydroxylation is 1. The summed E-state index contributed by atoms with van der Waals surface area (Å²) in [6.45, 7) is 5.79. The Morgan fingerprint density at radius 1 is 1.35 bits per heavy atom. The predicted molar refractivity (Wildman–Crippen MR) is 73.2 cm³/mol. The van der Waals surface area contributed by atoms with Gasteiger partial charge in [-0.05, 0) is 13.0 Å². The summed E-state index contributed by atoms with van der Waals surface area (Å²) in [5.41, 5.74) is 0.418. The van der Waals surface area contributed by atoms with Gasteiger partial charge in [0.05, 0.1) is 0 Å². The van der Waals surface area contributed by atoms with Crippen molar-refractivity contribution >= 4 is 16.9 Å². The molecule has 1 aliphatic rings. The SMILES string of the molecule is CCn1cc2c(C(F)F)cc(N3CCNCC3)nc2n1. The van der Waals surface area contributed by atoms with E-state index in [9.17, 15) is 8.78 Å². The van der Waals surface area contributed by atoms with E-state index in [-0.39, 0.29) is 5.56 Å². The number of alkyl halides is 2. The maximum Gasteiger partial charge on any atom is 0.264 e. The fourth-order valence-corrected chi connectivity index (χ4v) is 2.45. The predicted octanol–water partition coefficient (Wildman–Crippen LogP) is 1.80. The minimum atomic E-state index is -2.52. The molecule has 0 unspecified atom stereocenters. The van der Waals surface area contributed by atoms with Crippen molar-refractivity contribution in [2.24, 2.45) is 0 Å². The van der Waals surface area contributed by atoms with Crippen LogP contribution in [0, 0.1) is 0 Å². The summed E-state index contributed by atoms with van der Waals surface area (Å²) in [5.74, 6) is 0.593. The van der Waals surface area contributed by atoms with Crippen molar-refractivity contribution in [1.82, 2.24) is 20.1 Å². The first-order valence-electron chi connectivity index (χ1n) is 6.81. The van der Waals surface area contributed by atoms with Crippen LogP contribution in [0.2, 0.25) is 0 Å². The number of fused-ring (bicyclic) bond motifs is 1. The highest BCUT2D eigenvalue weighted by Gasteiger charge is 2.20. The molecule has 2 aromatic heterocycles. The van der Waals surface area contributed by atoms with Gasteiger partial charge in [0.2, 0.25) is 0 Å². The largest absolute Gasteiger partial charge is 0.354 e. The molecule has 20 heavy (non-hydrogen) atoms. The standard InChI is InChI=1S/C13H17F2N5/c1-2-20-8-10-9(12(14)15)7-11(17-13(10)18-20)19-5-3-16-4-6-19/h7-8,12,16H,2-6H2,1H3. The lowest BCUT2D eigenvalue weighted by Gasteiger charge is -2.28. The highest BCUT2D eigenvalue weighted by atomic mass is 19.3. The first-order chi connectivity index (χ1) is 9.69. The Morgan fingerprint density at radius 2 is 2.10 bits per heavy atom. The van der Waals surface area contributed by atoms with Crippen LogP contribution in [-0.2, 0) is 6.54 Å². The van der Waals surface area contributed by atoms with Crippen LogP contribution in [0.3, 0.4) is 0 Å². The summed E-state index contributed by atoms with van der Waals surface area (Å²) in [4.78, 5) is 6.46. The van der Waals surface area contributed by atoms with E-state index >= 15 is 0 Å². The third-order valence-corrected chi connectivity index (χ3v) is 3.56. The van der Waals surface area contributed by atoms with E-state index < -0.39 is 6.43 Å². The second-order valence-corrected chi connectivity index (χ2v) is 4.83. The number of hydrogen-bond acceptors (Lipinski definition) is 4. The van der Waals surface area contributed by atoms with Gasteiger partial charge in [0.1, 0.15) is 5.82 Å². The van der Waals surface area contributed by atoms with Crippen molar-refractivity contribution in [3.63, 3.8) is 0 Å². The van der Waals surface area contributed by atoms with Crippen LogP contribution in [0.5, 0.6) is 0 Å². The van der Waals surface area contributed by atoms with E-state index in [1.54, 1.807) is 10.9 Å². The average Bonchev–Trinajstić information content (AvgIpc) is 2.89. The maximum atomic E-state index is 13.3. The molecule has 2 aromatic rings. The number of halogens is 2. The number of nitrogens with zero attached hydrogens (tertiary/aromatic N) is 4. The molecule has 5 nitrogen and oxygen atoms in total. The normalized spacial score (nSPS) is 16.3. The molecule has 7 heteroatoms.